The summed E-state index contributed by atoms with van der Waals surface area (Å²) < 4.78 is 11.8. The van der Waals surface area contributed by atoms with E-state index in [1.54, 1.807) is 44.2 Å². The van der Waals surface area contributed by atoms with Crippen molar-refractivity contribution in [3.05, 3.63) is 23.8 Å². The number of carbonyl (C=O) groups is 3. The highest BCUT2D eigenvalue weighted by Crippen LogP contribution is 2.27. The van der Waals surface area contributed by atoms with Crippen LogP contribution in [0.2, 0.25) is 0 Å². The normalized spacial score (nSPS) is 22.2. The third-order valence-electron chi connectivity index (χ3n) is 5.82. The van der Waals surface area contributed by atoms with Crippen molar-refractivity contribution >= 4 is 23.4 Å². The topological polar surface area (TPSA) is 91.4 Å². The number of hydrogen-bond donors (Lipinski definition) is 1. The molecule has 0 aliphatic carbocycles. The second-order valence-electron chi connectivity index (χ2n) is 8.99. The van der Waals surface area contributed by atoms with E-state index in [9.17, 15) is 14.4 Å². The predicted molar refractivity (Wildman–Crippen MR) is 128 cm³/mol. The fourth-order valence-corrected chi connectivity index (χ4v) is 3.81. The largest absolute Gasteiger partial charge is 0.491 e. The Hall–Kier alpha value is -2.65. The number of hydrogen-bond acceptors (Lipinski definition) is 6. The smallest absolute Gasteiger partial charge is 0.257 e. The van der Waals surface area contributed by atoms with Crippen LogP contribution in [0.15, 0.2) is 18.2 Å². The van der Waals surface area contributed by atoms with E-state index in [-0.39, 0.29) is 48.9 Å². The molecular weight excluding hydrogens is 424 g/mol. The van der Waals surface area contributed by atoms with Gasteiger partial charge in [-0.1, -0.05) is 13.8 Å². The van der Waals surface area contributed by atoms with Crippen LogP contribution in [0.5, 0.6) is 5.75 Å². The van der Waals surface area contributed by atoms with Gasteiger partial charge in [-0.15, -0.1) is 0 Å². The minimum absolute atomic E-state index is 0.00322. The number of amides is 3. The molecule has 33 heavy (non-hydrogen) atoms. The first-order chi connectivity index (χ1) is 15.6. The molecule has 0 saturated carbocycles. The second-order valence-corrected chi connectivity index (χ2v) is 8.99. The Morgan fingerprint density at radius 1 is 1.24 bits per heavy atom. The van der Waals surface area contributed by atoms with Gasteiger partial charge in [-0.2, -0.15) is 0 Å². The minimum atomic E-state index is -0.243. The average molecular weight is 463 g/mol. The zero-order valence-electron chi connectivity index (χ0n) is 20.9. The lowest BCUT2D eigenvalue weighted by atomic mass is 10.0. The Morgan fingerprint density at radius 2 is 1.94 bits per heavy atom. The molecule has 9 heteroatoms. The van der Waals surface area contributed by atoms with Crippen LogP contribution in [0.25, 0.3) is 0 Å². The molecule has 1 aliphatic rings. The Labute approximate surface area is 197 Å². The Bertz CT molecular complexity index is 844. The summed E-state index contributed by atoms with van der Waals surface area (Å²) in [6.45, 7) is 7.08. The highest BCUT2D eigenvalue weighted by molar-refractivity contribution is 5.98. The van der Waals surface area contributed by atoms with Crippen LogP contribution >= 0.6 is 0 Å². The molecule has 3 atom stereocenters. The lowest BCUT2D eigenvalue weighted by Crippen LogP contribution is -2.50. The molecule has 0 fully saturated rings. The fraction of sp³-hybridized carbons (Fsp3) is 0.625. The minimum Gasteiger partial charge on any atom is -0.491 e. The lowest BCUT2D eigenvalue weighted by Gasteiger charge is -2.36. The number of benzene rings is 1. The maximum atomic E-state index is 13.2. The molecule has 0 aromatic heterocycles. The van der Waals surface area contributed by atoms with Gasteiger partial charge in [0, 0.05) is 51.3 Å². The maximum absolute atomic E-state index is 13.2. The number of nitrogens with zero attached hydrogens (tertiary/aromatic N) is 3. The standard InChI is InChI=1S/C24H38N4O5/c1-8-22(29)25-18-9-10-19-20(11-18)33-15-17(3)28(23(30)14-26(4)5)12-16(2)21(32-7)13-27(6)24(19)31/h9-11,16-17,21H,8,12-15H2,1-7H3,(H,25,29)/t16-,17+,21-/m1/s1. The van der Waals surface area contributed by atoms with E-state index < -0.39 is 0 Å². The highest BCUT2D eigenvalue weighted by Gasteiger charge is 2.30. The zero-order chi connectivity index (χ0) is 24.7. The van der Waals surface area contributed by atoms with Gasteiger partial charge in [0.15, 0.2) is 0 Å². The van der Waals surface area contributed by atoms with Gasteiger partial charge in [-0.25, -0.2) is 0 Å². The summed E-state index contributed by atoms with van der Waals surface area (Å²) in [5, 5.41) is 2.80. The molecule has 1 heterocycles. The number of anilines is 1. The highest BCUT2D eigenvalue weighted by atomic mass is 16.5. The molecule has 1 N–H and O–H groups in total. The summed E-state index contributed by atoms with van der Waals surface area (Å²) in [6, 6.07) is 4.79. The molecule has 0 bridgehead atoms. The van der Waals surface area contributed by atoms with E-state index in [0.717, 1.165) is 0 Å². The van der Waals surface area contributed by atoms with E-state index in [0.29, 0.717) is 36.5 Å². The van der Waals surface area contributed by atoms with Crippen LogP contribution in [0.1, 0.15) is 37.6 Å². The molecule has 3 amide bonds. The second kappa shape index (κ2) is 12.0. The van der Waals surface area contributed by atoms with E-state index in [1.807, 2.05) is 37.7 Å². The lowest BCUT2D eigenvalue weighted by molar-refractivity contribution is -0.136. The Kier molecular flexibility index (Phi) is 9.67. The molecule has 1 aliphatic heterocycles. The van der Waals surface area contributed by atoms with E-state index in [1.165, 1.54) is 0 Å². The molecular formula is C24H38N4O5. The summed E-state index contributed by atoms with van der Waals surface area (Å²) in [5.74, 6) is 0.0571. The number of nitrogens with one attached hydrogen (secondary N) is 1. The van der Waals surface area contributed by atoms with Crippen molar-refractivity contribution < 1.29 is 23.9 Å². The molecule has 0 saturated heterocycles. The van der Waals surface area contributed by atoms with Crippen molar-refractivity contribution in [3.63, 3.8) is 0 Å². The first-order valence-corrected chi connectivity index (χ1v) is 11.4. The summed E-state index contributed by atoms with van der Waals surface area (Å²) in [6.07, 6.45) is 0.101. The van der Waals surface area contributed by atoms with Crippen LogP contribution in [0.3, 0.4) is 0 Å². The number of methoxy groups -OCH3 is 1. The van der Waals surface area contributed by atoms with Crippen molar-refractivity contribution in [2.75, 3.05) is 59.8 Å². The van der Waals surface area contributed by atoms with Crippen LogP contribution in [-0.4, -0.2) is 99.1 Å². The molecule has 2 rings (SSSR count). The zero-order valence-corrected chi connectivity index (χ0v) is 20.9. The van der Waals surface area contributed by atoms with Gasteiger partial charge in [-0.05, 0) is 33.2 Å². The number of rotatable bonds is 5. The van der Waals surface area contributed by atoms with Crippen LogP contribution < -0.4 is 10.1 Å². The van der Waals surface area contributed by atoms with Gasteiger partial charge in [0.05, 0.1) is 24.3 Å². The molecule has 0 radical (unpaired) electrons. The van der Waals surface area contributed by atoms with Gasteiger partial charge in [0.2, 0.25) is 11.8 Å². The molecule has 0 unspecified atom stereocenters. The van der Waals surface area contributed by atoms with E-state index >= 15 is 0 Å². The van der Waals surface area contributed by atoms with Gasteiger partial charge >= 0.3 is 0 Å². The van der Waals surface area contributed by atoms with Crippen LogP contribution in [0.4, 0.5) is 5.69 Å². The molecule has 184 valence electrons. The van der Waals surface area contributed by atoms with Crippen molar-refractivity contribution in [1.29, 1.82) is 0 Å². The molecule has 0 spiro atoms. The first-order valence-electron chi connectivity index (χ1n) is 11.4. The quantitative estimate of drug-likeness (QED) is 0.719. The Balaban J connectivity index is 2.44. The third kappa shape index (κ3) is 7.17. The summed E-state index contributed by atoms with van der Waals surface area (Å²) in [4.78, 5) is 43.4. The van der Waals surface area contributed by atoms with Gasteiger partial charge in [-0.3, -0.25) is 14.4 Å². The van der Waals surface area contributed by atoms with Crippen molar-refractivity contribution in [1.82, 2.24) is 14.7 Å². The molecule has 1 aromatic carbocycles. The van der Waals surface area contributed by atoms with Crippen LogP contribution in [-0.2, 0) is 14.3 Å². The van der Waals surface area contributed by atoms with Crippen molar-refractivity contribution in [2.24, 2.45) is 5.92 Å². The van der Waals surface area contributed by atoms with Gasteiger partial charge in [0.25, 0.3) is 5.91 Å². The predicted octanol–water partition coefficient (Wildman–Crippen LogP) is 1.93. The van der Waals surface area contributed by atoms with Crippen molar-refractivity contribution in [2.45, 2.75) is 39.3 Å². The SMILES string of the molecule is CCC(=O)Nc1ccc2c(c1)OC[C@H](C)N(C(=O)CN(C)C)C[C@@H](C)[C@H](OC)CN(C)C2=O. The summed E-state index contributed by atoms with van der Waals surface area (Å²) in [5.41, 5.74) is 0.952. The third-order valence-corrected chi connectivity index (χ3v) is 5.82. The average Bonchev–Trinajstić information content (AvgIpc) is 2.77. The van der Waals surface area contributed by atoms with Gasteiger partial charge in [0.1, 0.15) is 12.4 Å². The first kappa shape index (κ1) is 26.6. The summed E-state index contributed by atoms with van der Waals surface area (Å²) >= 11 is 0. The van der Waals surface area contributed by atoms with E-state index in [2.05, 4.69) is 5.32 Å². The number of carbonyl (C=O) groups excluding carboxylic acids is 3. The van der Waals surface area contributed by atoms with Gasteiger partial charge < -0.3 is 29.5 Å². The van der Waals surface area contributed by atoms with Crippen LogP contribution in [0, 0.1) is 5.92 Å². The number of likely N-dealkylation sites (N-methyl/N-ethyl adjacent to an activating group) is 2. The molecule has 1 aromatic rings. The maximum Gasteiger partial charge on any atom is 0.257 e. The Morgan fingerprint density at radius 3 is 2.55 bits per heavy atom. The number of fused-ring (bicyclic) bond motifs is 1. The monoisotopic (exact) mass is 462 g/mol. The summed E-state index contributed by atoms with van der Waals surface area (Å²) in [7, 11) is 7.07. The van der Waals surface area contributed by atoms with E-state index in [4.69, 9.17) is 9.47 Å². The fourth-order valence-electron chi connectivity index (χ4n) is 3.81. The van der Waals surface area contributed by atoms with Crippen molar-refractivity contribution in [3.8, 4) is 5.75 Å². The number of ether oxygens (including phenoxy) is 2. The molecule has 9 nitrogen and oxygen atoms in total.